The van der Waals surface area contributed by atoms with E-state index in [1.54, 1.807) is 0 Å². The summed E-state index contributed by atoms with van der Waals surface area (Å²) in [6, 6.07) is 8.86. The van der Waals surface area contributed by atoms with Gasteiger partial charge >= 0.3 is 0 Å². The number of hydrogen-bond donors (Lipinski definition) is 2. The van der Waals surface area contributed by atoms with Crippen molar-refractivity contribution in [2.45, 2.75) is 45.3 Å². The molecule has 27 heavy (non-hydrogen) atoms. The molecule has 154 valence electrons. The van der Waals surface area contributed by atoms with Gasteiger partial charge in [0.2, 0.25) is 5.91 Å². The van der Waals surface area contributed by atoms with Crippen molar-refractivity contribution in [3.63, 3.8) is 0 Å². The van der Waals surface area contributed by atoms with Crippen molar-refractivity contribution in [3.05, 3.63) is 35.4 Å². The van der Waals surface area contributed by atoms with Crippen LogP contribution < -0.4 is 10.6 Å². The summed E-state index contributed by atoms with van der Waals surface area (Å²) in [5.74, 6) is 3.14. The third-order valence-electron chi connectivity index (χ3n) is 5.16. The number of nitrogens with one attached hydrogen (secondary N) is 2. The molecule has 0 radical (unpaired) electrons. The molecule has 0 aliphatic carbocycles. The van der Waals surface area contributed by atoms with Gasteiger partial charge in [0.15, 0.2) is 0 Å². The molecular formula is C20H33Cl2N3OS. The summed E-state index contributed by atoms with van der Waals surface area (Å²) in [6.45, 7) is 7.37. The van der Waals surface area contributed by atoms with Crippen LogP contribution in [0.4, 0.5) is 0 Å². The van der Waals surface area contributed by atoms with Crippen molar-refractivity contribution in [1.82, 2.24) is 15.5 Å². The summed E-state index contributed by atoms with van der Waals surface area (Å²) < 4.78 is 0. The number of amides is 1. The summed E-state index contributed by atoms with van der Waals surface area (Å²) in [4.78, 5) is 14.8. The fourth-order valence-corrected chi connectivity index (χ4v) is 4.75. The fraction of sp³-hybridized carbons (Fsp3) is 0.650. The van der Waals surface area contributed by atoms with E-state index >= 15 is 0 Å². The Hall–Kier alpha value is -0.460. The van der Waals surface area contributed by atoms with Crippen molar-refractivity contribution in [2.75, 3.05) is 31.1 Å². The Morgan fingerprint density at radius 1 is 1.30 bits per heavy atom. The molecule has 2 fully saturated rings. The maximum atomic E-state index is 12.3. The first-order valence-electron chi connectivity index (χ1n) is 9.57. The van der Waals surface area contributed by atoms with Gasteiger partial charge in [0, 0.05) is 50.1 Å². The van der Waals surface area contributed by atoms with Gasteiger partial charge in [0.1, 0.15) is 0 Å². The molecule has 2 atom stereocenters. The van der Waals surface area contributed by atoms with Crippen LogP contribution in [0, 0.1) is 5.92 Å². The minimum atomic E-state index is 0. The highest BCUT2D eigenvalue weighted by Crippen LogP contribution is 2.19. The number of piperidine rings is 1. The van der Waals surface area contributed by atoms with Crippen LogP contribution in [0.25, 0.3) is 0 Å². The minimum absolute atomic E-state index is 0. The second kappa shape index (κ2) is 12.9. The van der Waals surface area contributed by atoms with Crippen LogP contribution in [0.3, 0.4) is 0 Å². The number of hydrogen-bond acceptors (Lipinski definition) is 4. The minimum Gasteiger partial charge on any atom is -0.352 e. The highest BCUT2D eigenvalue weighted by Gasteiger charge is 2.18. The molecule has 2 aliphatic heterocycles. The molecule has 3 rings (SSSR count). The first kappa shape index (κ1) is 24.6. The van der Waals surface area contributed by atoms with Gasteiger partial charge in [-0.25, -0.2) is 0 Å². The Morgan fingerprint density at radius 2 is 2.07 bits per heavy atom. The van der Waals surface area contributed by atoms with Crippen molar-refractivity contribution in [3.8, 4) is 0 Å². The summed E-state index contributed by atoms with van der Waals surface area (Å²) in [7, 11) is 0. The SMILES string of the molecule is CC1CCCN(Cc2ccccc2CNC(=O)CC2CSCCN2)C1.Cl.Cl. The van der Waals surface area contributed by atoms with Crippen molar-refractivity contribution >= 4 is 42.5 Å². The maximum absolute atomic E-state index is 12.3. The van der Waals surface area contributed by atoms with Crippen LogP contribution in [0.15, 0.2) is 24.3 Å². The van der Waals surface area contributed by atoms with Crippen LogP contribution in [-0.4, -0.2) is 48.0 Å². The van der Waals surface area contributed by atoms with Crippen LogP contribution in [-0.2, 0) is 17.9 Å². The number of nitrogens with zero attached hydrogens (tertiary/aromatic N) is 1. The standard InChI is InChI=1S/C20H31N3OS.2ClH/c1-16-5-4-9-23(13-16)14-18-7-3-2-6-17(18)12-22-20(24)11-19-15-25-10-8-21-19;;/h2-3,6-7,16,19,21H,4-5,8-15H2,1H3,(H,22,24);2*1H. The van der Waals surface area contributed by atoms with Gasteiger partial charge in [-0.3, -0.25) is 9.69 Å². The molecule has 2 saturated heterocycles. The molecular weight excluding hydrogens is 401 g/mol. The Balaban J connectivity index is 0.00000182. The van der Waals surface area contributed by atoms with Crippen LogP contribution in [0.2, 0.25) is 0 Å². The normalized spacial score (nSPS) is 23.0. The predicted molar refractivity (Wildman–Crippen MR) is 120 cm³/mol. The van der Waals surface area contributed by atoms with E-state index in [-0.39, 0.29) is 30.7 Å². The second-order valence-electron chi connectivity index (χ2n) is 7.46. The fourth-order valence-electron chi connectivity index (χ4n) is 3.80. The van der Waals surface area contributed by atoms with Gasteiger partial charge in [-0.15, -0.1) is 24.8 Å². The molecule has 0 bridgehead atoms. The van der Waals surface area contributed by atoms with E-state index in [0.29, 0.717) is 19.0 Å². The smallest absolute Gasteiger partial charge is 0.221 e. The number of benzene rings is 1. The lowest BCUT2D eigenvalue weighted by Gasteiger charge is -2.31. The summed E-state index contributed by atoms with van der Waals surface area (Å²) in [5.41, 5.74) is 2.60. The Morgan fingerprint density at radius 3 is 2.78 bits per heavy atom. The van der Waals surface area contributed by atoms with Gasteiger partial charge in [0.25, 0.3) is 0 Å². The van der Waals surface area contributed by atoms with E-state index in [2.05, 4.69) is 46.7 Å². The van der Waals surface area contributed by atoms with Crippen molar-refractivity contribution in [2.24, 2.45) is 5.92 Å². The van der Waals surface area contributed by atoms with Gasteiger partial charge in [0.05, 0.1) is 0 Å². The van der Waals surface area contributed by atoms with E-state index < -0.39 is 0 Å². The van der Waals surface area contributed by atoms with Gasteiger partial charge in [-0.1, -0.05) is 31.2 Å². The molecule has 1 aromatic carbocycles. The number of halogens is 2. The molecule has 0 aromatic heterocycles. The highest BCUT2D eigenvalue weighted by atomic mass is 35.5. The van der Waals surface area contributed by atoms with E-state index in [4.69, 9.17) is 0 Å². The van der Waals surface area contributed by atoms with Crippen molar-refractivity contribution in [1.29, 1.82) is 0 Å². The number of carbonyl (C=O) groups is 1. The monoisotopic (exact) mass is 433 g/mol. The Kier molecular flexibility index (Phi) is 11.7. The van der Waals surface area contributed by atoms with Gasteiger partial charge < -0.3 is 10.6 Å². The molecule has 4 nitrogen and oxygen atoms in total. The van der Waals surface area contributed by atoms with Crippen LogP contribution >= 0.6 is 36.6 Å². The van der Waals surface area contributed by atoms with E-state index in [0.717, 1.165) is 30.5 Å². The van der Waals surface area contributed by atoms with Crippen LogP contribution in [0.1, 0.15) is 37.3 Å². The molecule has 2 N–H and O–H groups in total. The third kappa shape index (κ3) is 8.20. The molecule has 2 heterocycles. The molecule has 0 spiro atoms. The Labute approximate surface area is 180 Å². The van der Waals surface area contributed by atoms with E-state index in [1.807, 2.05) is 11.8 Å². The second-order valence-corrected chi connectivity index (χ2v) is 8.61. The largest absolute Gasteiger partial charge is 0.352 e. The van der Waals surface area contributed by atoms with E-state index in [1.165, 1.54) is 37.1 Å². The lowest BCUT2D eigenvalue weighted by atomic mass is 9.99. The predicted octanol–water partition coefficient (Wildman–Crippen LogP) is 3.47. The molecule has 2 unspecified atom stereocenters. The van der Waals surface area contributed by atoms with Crippen molar-refractivity contribution < 1.29 is 4.79 Å². The number of rotatable bonds is 6. The van der Waals surface area contributed by atoms with E-state index in [9.17, 15) is 4.79 Å². The van der Waals surface area contributed by atoms with Gasteiger partial charge in [-0.2, -0.15) is 11.8 Å². The lowest BCUT2D eigenvalue weighted by Crippen LogP contribution is -2.41. The third-order valence-corrected chi connectivity index (χ3v) is 6.29. The number of carbonyl (C=O) groups excluding carboxylic acids is 1. The van der Waals surface area contributed by atoms with Crippen LogP contribution in [0.5, 0.6) is 0 Å². The summed E-state index contributed by atoms with van der Waals surface area (Å²) in [6.07, 6.45) is 3.23. The zero-order valence-electron chi connectivity index (χ0n) is 16.1. The molecule has 1 amide bonds. The number of likely N-dealkylation sites (tertiary alicyclic amines) is 1. The average molecular weight is 434 g/mol. The first-order valence-corrected chi connectivity index (χ1v) is 10.7. The first-order chi connectivity index (χ1) is 12.2. The zero-order chi connectivity index (χ0) is 17.5. The Bertz CT molecular complexity index is 570. The lowest BCUT2D eigenvalue weighted by molar-refractivity contribution is -0.121. The maximum Gasteiger partial charge on any atom is 0.221 e. The topological polar surface area (TPSA) is 44.4 Å². The molecule has 0 saturated carbocycles. The summed E-state index contributed by atoms with van der Waals surface area (Å²) >= 11 is 1.93. The zero-order valence-corrected chi connectivity index (χ0v) is 18.6. The quantitative estimate of drug-likeness (QED) is 0.720. The molecule has 1 aromatic rings. The number of thioether (sulfide) groups is 1. The average Bonchev–Trinajstić information content (AvgIpc) is 2.62. The van der Waals surface area contributed by atoms with Gasteiger partial charge in [-0.05, 0) is 36.4 Å². The summed E-state index contributed by atoms with van der Waals surface area (Å²) in [5, 5.41) is 6.56. The highest BCUT2D eigenvalue weighted by molar-refractivity contribution is 7.99. The molecule has 2 aliphatic rings. The molecule has 7 heteroatoms.